The Morgan fingerprint density at radius 2 is 1.81 bits per heavy atom. The molecule has 0 heterocycles. The highest BCUT2D eigenvalue weighted by Crippen LogP contribution is 2.27. The van der Waals surface area contributed by atoms with Crippen LogP contribution in [0.15, 0.2) is 53.4 Å². The maximum atomic E-state index is 6.09. The lowest BCUT2D eigenvalue weighted by molar-refractivity contribution is 1.38. The predicted octanol–water partition coefficient (Wildman–Crippen LogP) is 4.21. The standard InChI is InChI=1S/C13H12ClNS/c14-13-7-6-11(15)8-10(13)9-16-12-4-2-1-3-5-12/h1-8H,9,15H2. The van der Waals surface area contributed by atoms with Gasteiger partial charge >= 0.3 is 0 Å². The molecule has 0 spiro atoms. The number of halogens is 1. The van der Waals surface area contributed by atoms with Crippen LogP contribution in [-0.2, 0) is 5.75 Å². The molecule has 0 radical (unpaired) electrons. The molecule has 1 nitrogen and oxygen atoms in total. The third-order valence-corrected chi connectivity index (χ3v) is 3.64. The lowest BCUT2D eigenvalue weighted by Gasteiger charge is -2.05. The van der Waals surface area contributed by atoms with Crippen LogP contribution in [0.2, 0.25) is 5.02 Å². The van der Waals surface area contributed by atoms with Gasteiger partial charge in [-0.05, 0) is 35.9 Å². The van der Waals surface area contributed by atoms with E-state index < -0.39 is 0 Å². The molecule has 0 bridgehead atoms. The van der Waals surface area contributed by atoms with Crippen LogP contribution in [0, 0.1) is 0 Å². The maximum Gasteiger partial charge on any atom is 0.0448 e. The van der Waals surface area contributed by atoms with E-state index in [0.29, 0.717) is 0 Å². The molecule has 2 aromatic carbocycles. The molecule has 0 amide bonds. The summed E-state index contributed by atoms with van der Waals surface area (Å²) in [5.41, 5.74) is 7.57. The molecule has 0 aromatic heterocycles. The van der Waals surface area contributed by atoms with Crippen molar-refractivity contribution in [3.63, 3.8) is 0 Å². The van der Waals surface area contributed by atoms with E-state index in [1.807, 2.05) is 36.4 Å². The number of nitrogen functional groups attached to an aromatic ring is 1. The lowest BCUT2D eigenvalue weighted by Crippen LogP contribution is -1.88. The van der Waals surface area contributed by atoms with Crippen LogP contribution in [0.3, 0.4) is 0 Å². The summed E-state index contributed by atoms with van der Waals surface area (Å²) in [5, 5.41) is 0.776. The third kappa shape index (κ3) is 2.94. The van der Waals surface area contributed by atoms with E-state index in [1.165, 1.54) is 4.90 Å². The fourth-order valence-corrected chi connectivity index (χ4v) is 2.56. The molecule has 2 rings (SSSR count). The van der Waals surface area contributed by atoms with E-state index in [1.54, 1.807) is 11.8 Å². The zero-order valence-corrected chi connectivity index (χ0v) is 10.3. The van der Waals surface area contributed by atoms with Gasteiger partial charge in [0.15, 0.2) is 0 Å². The first-order valence-corrected chi connectivity index (χ1v) is 6.34. The summed E-state index contributed by atoms with van der Waals surface area (Å²) in [4.78, 5) is 1.24. The first-order valence-electron chi connectivity index (χ1n) is 4.97. The largest absolute Gasteiger partial charge is 0.399 e. The Morgan fingerprint density at radius 3 is 2.56 bits per heavy atom. The second kappa shape index (κ2) is 5.28. The summed E-state index contributed by atoms with van der Waals surface area (Å²) in [7, 11) is 0. The van der Waals surface area contributed by atoms with Crippen molar-refractivity contribution in [1.82, 2.24) is 0 Å². The summed E-state index contributed by atoms with van der Waals surface area (Å²) in [6, 6.07) is 15.8. The van der Waals surface area contributed by atoms with Crippen molar-refractivity contribution in [1.29, 1.82) is 0 Å². The van der Waals surface area contributed by atoms with Crippen molar-refractivity contribution in [2.75, 3.05) is 5.73 Å². The topological polar surface area (TPSA) is 26.0 Å². The fourth-order valence-electron chi connectivity index (χ4n) is 1.38. The summed E-state index contributed by atoms with van der Waals surface area (Å²) in [6.07, 6.45) is 0. The second-order valence-corrected chi connectivity index (χ2v) is 4.91. The minimum atomic E-state index is 0.757. The zero-order chi connectivity index (χ0) is 11.4. The van der Waals surface area contributed by atoms with Gasteiger partial charge in [-0.3, -0.25) is 0 Å². The van der Waals surface area contributed by atoms with E-state index >= 15 is 0 Å². The molecule has 0 aliphatic heterocycles. The number of thioether (sulfide) groups is 1. The molecule has 16 heavy (non-hydrogen) atoms. The lowest BCUT2D eigenvalue weighted by atomic mass is 10.2. The Hall–Kier alpha value is -1.12. The van der Waals surface area contributed by atoms with Gasteiger partial charge in [-0.2, -0.15) is 0 Å². The van der Waals surface area contributed by atoms with Crippen LogP contribution in [0.4, 0.5) is 5.69 Å². The molecule has 82 valence electrons. The second-order valence-electron chi connectivity index (χ2n) is 3.45. The molecular formula is C13H12ClNS. The number of anilines is 1. The van der Waals surface area contributed by atoms with Gasteiger partial charge < -0.3 is 5.73 Å². The molecule has 0 saturated heterocycles. The van der Waals surface area contributed by atoms with E-state index in [4.69, 9.17) is 17.3 Å². The van der Waals surface area contributed by atoms with E-state index in [0.717, 1.165) is 22.0 Å². The Kier molecular flexibility index (Phi) is 3.75. The molecule has 2 N–H and O–H groups in total. The monoisotopic (exact) mass is 249 g/mol. The summed E-state index contributed by atoms with van der Waals surface area (Å²) < 4.78 is 0. The van der Waals surface area contributed by atoms with Crippen molar-refractivity contribution < 1.29 is 0 Å². The first kappa shape index (κ1) is 11.4. The number of hydrogen-bond acceptors (Lipinski definition) is 2. The Bertz CT molecular complexity index is 471. The maximum absolute atomic E-state index is 6.09. The minimum absolute atomic E-state index is 0.757. The van der Waals surface area contributed by atoms with E-state index in [-0.39, 0.29) is 0 Å². The Balaban J connectivity index is 2.08. The average molecular weight is 250 g/mol. The van der Waals surface area contributed by atoms with Gasteiger partial charge in [0.25, 0.3) is 0 Å². The number of benzene rings is 2. The van der Waals surface area contributed by atoms with Crippen LogP contribution < -0.4 is 5.73 Å². The van der Waals surface area contributed by atoms with Gasteiger partial charge in [0, 0.05) is 21.4 Å². The predicted molar refractivity (Wildman–Crippen MR) is 71.9 cm³/mol. The van der Waals surface area contributed by atoms with Gasteiger partial charge in [0.05, 0.1) is 0 Å². The number of hydrogen-bond donors (Lipinski definition) is 1. The van der Waals surface area contributed by atoms with Crippen molar-refractivity contribution in [3.8, 4) is 0 Å². The highest BCUT2D eigenvalue weighted by Gasteiger charge is 2.01. The highest BCUT2D eigenvalue weighted by atomic mass is 35.5. The van der Waals surface area contributed by atoms with E-state index in [2.05, 4.69) is 12.1 Å². The SMILES string of the molecule is Nc1ccc(Cl)c(CSc2ccccc2)c1. The van der Waals surface area contributed by atoms with Crippen LogP contribution in [-0.4, -0.2) is 0 Å². The Labute approximate surface area is 105 Å². The summed E-state index contributed by atoms with van der Waals surface area (Å²) in [6.45, 7) is 0. The molecule has 0 aliphatic rings. The molecule has 0 atom stereocenters. The smallest absolute Gasteiger partial charge is 0.0448 e. The number of rotatable bonds is 3. The fraction of sp³-hybridized carbons (Fsp3) is 0.0769. The number of nitrogens with two attached hydrogens (primary N) is 1. The molecule has 0 aliphatic carbocycles. The minimum Gasteiger partial charge on any atom is -0.399 e. The van der Waals surface area contributed by atoms with Crippen molar-refractivity contribution in [3.05, 3.63) is 59.1 Å². The van der Waals surface area contributed by atoms with E-state index in [9.17, 15) is 0 Å². The normalized spacial score (nSPS) is 10.3. The molecule has 0 unspecified atom stereocenters. The van der Waals surface area contributed by atoms with Crippen LogP contribution in [0.1, 0.15) is 5.56 Å². The quantitative estimate of drug-likeness (QED) is 0.651. The van der Waals surface area contributed by atoms with Gasteiger partial charge in [0.2, 0.25) is 0 Å². The summed E-state index contributed by atoms with van der Waals surface area (Å²) >= 11 is 7.85. The van der Waals surface area contributed by atoms with Crippen LogP contribution in [0.25, 0.3) is 0 Å². The van der Waals surface area contributed by atoms with Crippen molar-refractivity contribution in [2.45, 2.75) is 10.6 Å². The third-order valence-electron chi connectivity index (χ3n) is 2.21. The van der Waals surface area contributed by atoms with Crippen molar-refractivity contribution >= 4 is 29.1 Å². The van der Waals surface area contributed by atoms with Crippen molar-refractivity contribution in [2.24, 2.45) is 0 Å². The van der Waals surface area contributed by atoms with Gasteiger partial charge in [-0.15, -0.1) is 11.8 Å². The zero-order valence-electron chi connectivity index (χ0n) is 8.69. The molecule has 0 saturated carbocycles. The van der Waals surface area contributed by atoms with Crippen LogP contribution in [0.5, 0.6) is 0 Å². The van der Waals surface area contributed by atoms with Gasteiger partial charge in [-0.1, -0.05) is 29.8 Å². The van der Waals surface area contributed by atoms with Crippen LogP contribution >= 0.6 is 23.4 Å². The van der Waals surface area contributed by atoms with Gasteiger partial charge in [0.1, 0.15) is 0 Å². The molecular weight excluding hydrogens is 238 g/mol. The highest BCUT2D eigenvalue weighted by molar-refractivity contribution is 7.98. The Morgan fingerprint density at radius 1 is 1.06 bits per heavy atom. The first-order chi connectivity index (χ1) is 7.75. The summed E-state index contributed by atoms with van der Waals surface area (Å²) in [5.74, 6) is 0.841. The van der Waals surface area contributed by atoms with Gasteiger partial charge in [-0.25, -0.2) is 0 Å². The molecule has 3 heteroatoms. The molecule has 0 fully saturated rings. The molecule has 2 aromatic rings. The average Bonchev–Trinajstić information content (AvgIpc) is 2.32.